The maximum absolute atomic E-state index is 12.7. The van der Waals surface area contributed by atoms with E-state index in [1.54, 1.807) is 12.1 Å². The summed E-state index contributed by atoms with van der Waals surface area (Å²) in [5.41, 5.74) is 4.30. The van der Waals surface area contributed by atoms with Crippen molar-refractivity contribution in [2.75, 3.05) is 5.32 Å². The molecule has 0 unspecified atom stereocenters. The minimum atomic E-state index is -0.178. The summed E-state index contributed by atoms with van der Waals surface area (Å²) in [4.78, 5) is 12.7. The van der Waals surface area contributed by atoms with Crippen molar-refractivity contribution in [3.8, 4) is 5.75 Å². The summed E-state index contributed by atoms with van der Waals surface area (Å²) in [7, 11) is 0. The Hall–Kier alpha value is -3.07. The first-order valence-electron chi connectivity index (χ1n) is 8.53. The monoisotopic (exact) mass is 327 g/mol. The highest BCUT2D eigenvalue weighted by molar-refractivity contribution is 5.98. The normalized spacial score (nSPS) is 21.4. The molecule has 2 aliphatic rings. The molecule has 0 spiro atoms. The predicted molar refractivity (Wildman–Crippen MR) is 98.7 cm³/mol. The number of benzene rings is 3. The number of ketones is 1. The van der Waals surface area contributed by atoms with Crippen molar-refractivity contribution in [1.82, 2.24) is 0 Å². The molecule has 3 aromatic carbocycles. The molecule has 2 atom stereocenters. The van der Waals surface area contributed by atoms with Gasteiger partial charge in [0.25, 0.3) is 0 Å². The largest absolute Gasteiger partial charge is 0.508 e. The average Bonchev–Trinajstić information content (AvgIpc) is 3.01. The summed E-state index contributed by atoms with van der Waals surface area (Å²) in [6.07, 6.45) is 2.49. The van der Waals surface area contributed by atoms with Crippen molar-refractivity contribution in [2.24, 2.45) is 5.92 Å². The topological polar surface area (TPSA) is 49.3 Å². The van der Waals surface area contributed by atoms with Crippen LogP contribution in [0, 0.1) is 5.92 Å². The number of hydrogen-bond donors (Lipinski definition) is 2. The highest BCUT2D eigenvalue weighted by Crippen LogP contribution is 2.49. The summed E-state index contributed by atoms with van der Waals surface area (Å²) < 4.78 is 0. The van der Waals surface area contributed by atoms with E-state index in [4.69, 9.17) is 0 Å². The van der Waals surface area contributed by atoms with Crippen molar-refractivity contribution in [2.45, 2.75) is 12.3 Å². The van der Waals surface area contributed by atoms with Gasteiger partial charge in [-0.1, -0.05) is 48.5 Å². The van der Waals surface area contributed by atoms with Gasteiger partial charge in [-0.05, 0) is 40.1 Å². The van der Waals surface area contributed by atoms with E-state index in [2.05, 4.69) is 29.6 Å². The standard InChI is InChI=1S/C22H17NO2/c24-15-8-5-14(6-9-15)20-21-16-4-2-1-3-13(16)7-10-17(21)23-18-11-12-19(25)22(18)20/h1-11,20,22-24H,12H2/t20-,22+/m1/s1. The number of phenols is 1. The lowest BCUT2D eigenvalue weighted by atomic mass is 9.74. The number of allylic oxidation sites excluding steroid dienone is 2. The number of anilines is 1. The molecule has 0 amide bonds. The van der Waals surface area contributed by atoms with E-state index >= 15 is 0 Å². The van der Waals surface area contributed by atoms with Crippen molar-refractivity contribution in [1.29, 1.82) is 0 Å². The van der Waals surface area contributed by atoms with E-state index < -0.39 is 0 Å². The molecule has 1 heterocycles. The number of fused-ring (bicyclic) bond motifs is 4. The van der Waals surface area contributed by atoms with Crippen molar-refractivity contribution in [3.05, 3.63) is 83.6 Å². The average molecular weight is 327 g/mol. The van der Waals surface area contributed by atoms with E-state index in [-0.39, 0.29) is 23.4 Å². The molecule has 3 nitrogen and oxygen atoms in total. The number of hydrogen-bond acceptors (Lipinski definition) is 3. The smallest absolute Gasteiger partial charge is 0.146 e. The number of phenolic OH excluding ortho intramolecular Hbond substituents is 1. The number of Topliss-reactive ketones (excluding diaryl/α,β-unsaturated/α-hetero) is 1. The first-order chi connectivity index (χ1) is 12.2. The summed E-state index contributed by atoms with van der Waals surface area (Å²) in [6.45, 7) is 0. The molecular weight excluding hydrogens is 310 g/mol. The SMILES string of the molecule is O=C1CC=C2Nc3ccc4ccccc4c3[C@@H](c3ccc(O)cc3)[C@H]12. The molecular formula is C22H17NO2. The zero-order valence-electron chi connectivity index (χ0n) is 13.6. The van der Waals surface area contributed by atoms with Crippen molar-refractivity contribution < 1.29 is 9.90 Å². The number of rotatable bonds is 1. The molecule has 0 fully saturated rings. The van der Waals surface area contributed by atoms with Crippen LogP contribution < -0.4 is 5.32 Å². The van der Waals surface area contributed by atoms with Gasteiger partial charge in [0, 0.05) is 23.7 Å². The zero-order chi connectivity index (χ0) is 17.0. The van der Waals surface area contributed by atoms with Gasteiger partial charge in [-0.15, -0.1) is 0 Å². The van der Waals surface area contributed by atoms with Crippen LogP contribution in [-0.2, 0) is 4.79 Å². The Morgan fingerprint density at radius 3 is 2.56 bits per heavy atom. The first-order valence-corrected chi connectivity index (χ1v) is 8.53. The second-order valence-electron chi connectivity index (χ2n) is 6.75. The van der Waals surface area contributed by atoms with Gasteiger partial charge in [-0.2, -0.15) is 0 Å². The second kappa shape index (κ2) is 5.21. The van der Waals surface area contributed by atoms with Crippen molar-refractivity contribution in [3.63, 3.8) is 0 Å². The third-order valence-electron chi connectivity index (χ3n) is 5.35. The van der Waals surface area contributed by atoms with Gasteiger partial charge in [0.15, 0.2) is 0 Å². The van der Waals surface area contributed by atoms with Gasteiger partial charge in [0.1, 0.15) is 11.5 Å². The van der Waals surface area contributed by atoms with Crippen molar-refractivity contribution >= 4 is 22.2 Å². The number of nitrogens with one attached hydrogen (secondary N) is 1. The molecule has 1 aliphatic heterocycles. The van der Waals surface area contributed by atoms with Crippen LogP contribution in [0.25, 0.3) is 10.8 Å². The molecule has 0 saturated carbocycles. The molecule has 0 radical (unpaired) electrons. The van der Waals surface area contributed by atoms with Crippen LogP contribution in [0.2, 0.25) is 0 Å². The van der Waals surface area contributed by atoms with Gasteiger partial charge in [-0.25, -0.2) is 0 Å². The number of carbonyl (C=O) groups excluding carboxylic acids is 1. The molecule has 1 aliphatic carbocycles. The Labute approximate surface area is 145 Å². The van der Waals surface area contributed by atoms with Crippen LogP contribution in [0.4, 0.5) is 5.69 Å². The van der Waals surface area contributed by atoms with Crippen LogP contribution in [0.3, 0.4) is 0 Å². The second-order valence-corrected chi connectivity index (χ2v) is 6.75. The maximum Gasteiger partial charge on any atom is 0.146 e. The van der Waals surface area contributed by atoms with Gasteiger partial charge >= 0.3 is 0 Å². The van der Waals surface area contributed by atoms with Crippen LogP contribution in [-0.4, -0.2) is 10.9 Å². The Balaban J connectivity index is 1.82. The van der Waals surface area contributed by atoms with Crippen LogP contribution in [0.5, 0.6) is 5.75 Å². The lowest BCUT2D eigenvalue weighted by molar-refractivity contribution is -0.120. The quantitative estimate of drug-likeness (QED) is 0.688. The summed E-state index contributed by atoms with van der Waals surface area (Å²) in [6, 6.07) is 19.8. The minimum absolute atomic E-state index is 0.0378. The highest BCUT2D eigenvalue weighted by atomic mass is 16.3. The Bertz CT molecular complexity index is 1030. The van der Waals surface area contributed by atoms with Crippen LogP contribution >= 0.6 is 0 Å². The fraction of sp³-hybridized carbons (Fsp3) is 0.136. The van der Waals surface area contributed by atoms with Crippen LogP contribution in [0.1, 0.15) is 23.5 Å². The van der Waals surface area contributed by atoms with E-state index in [9.17, 15) is 9.90 Å². The van der Waals surface area contributed by atoms with E-state index in [1.807, 2.05) is 30.3 Å². The molecule has 5 rings (SSSR count). The maximum atomic E-state index is 12.7. The minimum Gasteiger partial charge on any atom is -0.508 e. The number of carbonyl (C=O) groups is 1. The third-order valence-corrected chi connectivity index (χ3v) is 5.35. The van der Waals surface area contributed by atoms with Gasteiger partial charge in [-0.3, -0.25) is 4.79 Å². The zero-order valence-corrected chi connectivity index (χ0v) is 13.6. The summed E-state index contributed by atoms with van der Waals surface area (Å²) in [5.74, 6) is 0.274. The fourth-order valence-electron chi connectivity index (χ4n) is 4.23. The van der Waals surface area contributed by atoms with E-state index in [0.29, 0.717) is 6.42 Å². The lowest BCUT2D eigenvalue weighted by Crippen LogP contribution is -2.29. The summed E-state index contributed by atoms with van der Waals surface area (Å²) in [5, 5.41) is 15.5. The molecule has 122 valence electrons. The van der Waals surface area contributed by atoms with Gasteiger partial charge < -0.3 is 10.4 Å². The Morgan fingerprint density at radius 2 is 1.72 bits per heavy atom. The highest BCUT2D eigenvalue weighted by Gasteiger charge is 2.41. The molecule has 2 N–H and O–H groups in total. The Kier molecular flexibility index (Phi) is 2.98. The molecule has 0 aromatic heterocycles. The van der Waals surface area contributed by atoms with Gasteiger partial charge in [0.05, 0.1) is 5.92 Å². The fourth-order valence-corrected chi connectivity index (χ4v) is 4.23. The first kappa shape index (κ1) is 14.3. The molecule has 3 heteroatoms. The Morgan fingerprint density at radius 1 is 0.920 bits per heavy atom. The van der Waals surface area contributed by atoms with Gasteiger partial charge in [0.2, 0.25) is 0 Å². The lowest BCUT2D eigenvalue weighted by Gasteiger charge is -2.34. The molecule has 0 bridgehead atoms. The van der Waals surface area contributed by atoms with E-state index in [0.717, 1.165) is 16.9 Å². The predicted octanol–water partition coefficient (Wildman–Crippen LogP) is 4.58. The molecule has 25 heavy (non-hydrogen) atoms. The third kappa shape index (κ3) is 2.09. The molecule has 3 aromatic rings. The van der Waals surface area contributed by atoms with E-state index in [1.165, 1.54) is 16.3 Å². The number of aromatic hydroxyl groups is 1. The molecule has 0 saturated heterocycles. The van der Waals surface area contributed by atoms with Crippen LogP contribution in [0.15, 0.2) is 72.4 Å². The summed E-state index contributed by atoms with van der Waals surface area (Å²) >= 11 is 0.